The highest BCUT2D eigenvalue weighted by Gasteiger charge is 2.47. The number of carbonyl (C=O) groups excluding carboxylic acids is 3. The van der Waals surface area contributed by atoms with Gasteiger partial charge in [0.25, 0.3) is 11.8 Å². The van der Waals surface area contributed by atoms with Gasteiger partial charge in [-0.05, 0) is 79.5 Å². The predicted octanol–water partition coefficient (Wildman–Crippen LogP) is 3.48. The molecule has 1 saturated heterocycles. The van der Waals surface area contributed by atoms with Crippen LogP contribution in [0.15, 0.2) is 18.2 Å². The molecule has 2 aliphatic heterocycles. The second kappa shape index (κ2) is 6.92. The first-order valence-electron chi connectivity index (χ1n) is 9.90. The van der Waals surface area contributed by atoms with E-state index in [2.05, 4.69) is 33.0 Å². The molecule has 7 heteroatoms. The fourth-order valence-corrected chi connectivity index (χ4v) is 4.38. The number of piperidine rings is 1. The first-order valence-corrected chi connectivity index (χ1v) is 9.90. The molecule has 3 rings (SSSR count). The van der Waals surface area contributed by atoms with Crippen LogP contribution < -0.4 is 5.32 Å². The minimum Gasteiger partial charge on any atom is -0.307 e. The van der Waals surface area contributed by atoms with Crippen molar-refractivity contribution in [2.24, 2.45) is 0 Å². The van der Waals surface area contributed by atoms with Crippen molar-refractivity contribution in [2.75, 3.05) is 0 Å². The Hall–Kier alpha value is -2.25. The third kappa shape index (κ3) is 4.51. The molecular formula is C22H30N2O5. The average Bonchev–Trinajstić information content (AvgIpc) is 2.80. The molecule has 0 spiro atoms. The Morgan fingerprint density at radius 1 is 1.03 bits per heavy atom. The Morgan fingerprint density at radius 2 is 1.59 bits per heavy atom. The van der Waals surface area contributed by atoms with E-state index in [-0.39, 0.29) is 40.1 Å². The van der Waals surface area contributed by atoms with Gasteiger partial charge < -0.3 is 5.32 Å². The van der Waals surface area contributed by atoms with Crippen molar-refractivity contribution in [3.8, 4) is 0 Å². The van der Waals surface area contributed by atoms with Gasteiger partial charge in [-0.1, -0.05) is 0 Å². The molecular weight excluding hydrogens is 372 g/mol. The number of nitrogens with zero attached hydrogens (tertiary/aromatic N) is 1. The van der Waals surface area contributed by atoms with E-state index in [0.29, 0.717) is 18.4 Å². The zero-order valence-corrected chi connectivity index (χ0v) is 18.2. The molecule has 7 nitrogen and oxygen atoms in total. The summed E-state index contributed by atoms with van der Waals surface area (Å²) in [5.41, 5.74) is -0.347. The lowest BCUT2D eigenvalue weighted by molar-refractivity contribution is -0.301. The molecule has 1 fully saturated rings. The summed E-state index contributed by atoms with van der Waals surface area (Å²) >= 11 is 0. The van der Waals surface area contributed by atoms with E-state index in [9.17, 15) is 14.4 Å². The maximum atomic E-state index is 13.1. The van der Waals surface area contributed by atoms with Gasteiger partial charge in [0.2, 0.25) is 0 Å². The van der Waals surface area contributed by atoms with Crippen molar-refractivity contribution in [1.82, 2.24) is 10.2 Å². The third-order valence-electron chi connectivity index (χ3n) is 5.05. The number of amides is 2. The van der Waals surface area contributed by atoms with E-state index in [0.717, 1.165) is 0 Å². The number of nitrogens with one attached hydrogen (secondary N) is 1. The van der Waals surface area contributed by atoms with Crippen LogP contribution in [-0.2, 0) is 9.78 Å². The van der Waals surface area contributed by atoms with Gasteiger partial charge in [-0.2, -0.15) is 4.89 Å². The van der Waals surface area contributed by atoms with Gasteiger partial charge in [0.05, 0.1) is 16.7 Å². The summed E-state index contributed by atoms with van der Waals surface area (Å²) in [5.74, 6) is -1.38. The summed E-state index contributed by atoms with van der Waals surface area (Å²) in [4.78, 5) is 49.7. The summed E-state index contributed by atoms with van der Waals surface area (Å²) in [6.07, 6.45) is 1.33. The highest BCUT2D eigenvalue weighted by molar-refractivity contribution is 6.22. The number of fused-ring (bicyclic) bond motifs is 1. The molecule has 158 valence electrons. The first-order chi connectivity index (χ1) is 13.2. The maximum absolute atomic E-state index is 13.1. The molecule has 2 heterocycles. The Balaban J connectivity index is 1.85. The van der Waals surface area contributed by atoms with E-state index < -0.39 is 11.6 Å². The number of hydrogen-bond acceptors (Lipinski definition) is 6. The molecule has 0 aliphatic carbocycles. The zero-order chi connectivity index (χ0) is 21.8. The summed E-state index contributed by atoms with van der Waals surface area (Å²) in [6.45, 7) is 13.6. The second-order valence-electron chi connectivity index (χ2n) is 10.3. The number of hydrogen-bond donors (Lipinski definition) is 1. The van der Waals surface area contributed by atoms with E-state index in [1.54, 1.807) is 20.8 Å². The van der Waals surface area contributed by atoms with Gasteiger partial charge in [0, 0.05) is 17.1 Å². The predicted molar refractivity (Wildman–Crippen MR) is 108 cm³/mol. The highest BCUT2D eigenvalue weighted by atomic mass is 17.2. The summed E-state index contributed by atoms with van der Waals surface area (Å²) in [5, 5.41) is 3.56. The molecule has 0 aromatic heterocycles. The average molecular weight is 402 g/mol. The molecule has 0 saturated carbocycles. The van der Waals surface area contributed by atoms with Crippen LogP contribution in [0.2, 0.25) is 0 Å². The van der Waals surface area contributed by atoms with Crippen LogP contribution in [-0.4, -0.2) is 45.4 Å². The van der Waals surface area contributed by atoms with E-state index in [1.807, 2.05) is 0 Å². The summed E-state index contributed by atoms with van der Waals surface area (Å²) in [7, 11) is 0. The van der Waals surface area contributed by atoms with E-state index in [1.165, 1.54) is 23.1 Å². The maximum Gasteiger partial charge on any atom is 0.373 e. The van der Waals surface area contributed by atoms with Crippen LogP contribution in [0, 0.1) is 0 Å². The summed E-state index contributed by atoms with van der Waals surface area (Å²) in [6, 6.07) is 4.20. The molecule has 0 atom stereocenters. The van der Waals surface area contributed by atoms with Crippen LogP contribution in [0.4, 0.5) is 0 Å². The lowest BCUT2D eigenvalue weighted by atomic mass is 9.79. The quantitative estimate of drug-likeness (QED) is 0.473. The number of carbonyl (C=O) groups is 3. The van der Waals surface area contributed by atoms with Crippen LogP contribution in [0.5, 0.6) is 0 Å². The standard InChI is InChI=1S/C22H30N2O5/c1-20(2,3)29-28-19(27)13-8-9-15-16(10-13)18(26)24(17(15)25)14-11-21(4,5)23-22(6,7)12-14/h8-10,14,23H,11-12H2,1-7H3. The SMILES string of the molecule is CC1(C)CC(N2C(=O)c3ccc(C(=O)OOC(C)(C)C)cc3C2=O)CC(C)(C)N1. The topological polar surface area (TPSA) is 84.9 Å². The second-order valence-corrected chi connectivity index (χ2v) is 10.3. The van der Waals surface area contributed by atoms with E-state index >= 15 is 0 Å². The minimum absolute atomic E-state index is 0.168. The zero-order valence-electron chi connectivity index (χ0n) is 18.2. The van der Waals surface area contributed by atoms with Gasteiger partial charge >= 0.3 is 5.97 Å². The Labute approximate surface area is 171 Å². The Bertz CT molecular complexity index is 850. The van der Waals surface area contributed by atoms with Gasteiger partial charge in [-0.25, -0.2) is 4.79 Å². The summed E-state index contributed by atoms with van der Waals surface area (Å²) < 4.78 is 0. The smallest absolute Gasteiger partial charge is 0.307 e. The molecule has 29 heavy (non-hydrogen) atoms. The fourth-order valence-electron chi connectivity index (χ4n) is 4.38. The van der Waals surface area contributed by atoms with Crippen LogP contribution >= 0.6 is 0 Å². The number of imide groups is 1. The van der Waals surface area contributed by atoms with Crippen molar-refractivity contribution < 1.29 is 24.2 Å². The minimum atomic E-state index is -0.703. The van der Waals surface area contributed by atoms with Gasteiger partial charge in [0.1, 0.15) is 5.60 Å². The van der Waals surface area contributed by atoms with Crippen molar-refractivity contribution >= 4 is 17.8 Å². The first kappa shape index (κ1) is 21.5. The van der Waals surface area contributed by atoms with Crippen LogP contribution in [0.25, 0.3) is 0 Å². The molecule has 0 radical (unpaired) electrons. The fraction of sp³-hybridized carbons (Fsp3) is 0.591. The van der Waals surface area contributed by atoms with Crippen molar-refractivity contribution in [2.45, 2.75) is 84.0 Å². The normalized spacial score (nSPS) is 21.3. The molecule has 2 amide bonds. The Morgan fingerprint density at radius 3 is 2.14 bits per heavy atom. The molecule has 1 aromatic rings. The number of rotatable bonds is 3. The monoisotopic (exact) mass is 402 g/mol. The van der Waals surface area contributed by atoms with E-state index in [4.69, 9.17) is 9.78 Å². The van der Waals surface area contributed by atoms with Crippen LogP contribution in [0.1, 0.15) is 92.4 Å². The Kier molecular flexibility index (Phi) is 5.12. The molecule has 0 bridgehead atoms. The lowest BCUT2D eigenvalue weighted by Crippen LogP contribution is -2.62. The van der Waals surface area contributed by atoms with Gasteiger partial charge in [-0.3, -0.25) is 19.4 Å². The molecule has 0 unspecified atom stereocenters. The van der Waals surface area contributed by atoms with Gasteiger partial charge in [0.15, 0.2) is 0 Å². The van der Waals surface area contributed by atoms with Crippen LogP contribution in [0.3, 0.4) is 0 Å². The third-order valence-corrected chi connectivity index (χ3v) is 5.05. The molecule has 2 aliphatic rings. The highest BCUT2D eigenvalue weighted by Crippen LogP contribution is 2.36. The largest absolute Gasteiger partial charge is 0.373 e. The molecule has 1 N–H and O–H groups in total. The lowest BCUT2D eigenvalue weighted by Gasteiger charge is -2.48. The number of benzene rings is 1. The van der Waals surface area contributed by atoms with Crippen molar-refractivity contribution in [3.63, 3.8) is 0 Å². The van der Waals surface area contributed by atoms with Crippen molar-refractivity contribution in [1.29, 1.82) is 0 Å². The van der Waals surface area contributed by atoms with Crippen molar-refractivity contribution in [3.05, 3.63) is 34.9 Å². The van der Waals surface area contributed by atoms with Gasteiger partial charge in [-0.15, -0.1) is 0 Å². The molecule has 1 aromatic carbocycles.